The molecule has 17 heavy (non-hydrogen) atoms. The standard InChI is InChI=1S/C4F12P/c5-1(6,7)17(2(8,9)10,3(11,12)13)4(14,15)16/q+1. The minimum absolute atomic E-state index is 7.50. The monoisotopic (exact) mass is 307 g/mol. The van der Waals surface area contributed by atoms with Crippen molar-refractivity contribution in [2.45, 2.75) is 23.7 Å². The Hall–Kier alpha value is -0.410. The van der Waals surface area contributed by atoms with E-state index < -0.39 is 30.9 Å². The largest absolute Gasteiger partial charge is 0.538 e. The highest BCUT2D eigenvalue weighted by Crippen LogP contribution is 2.94. The van der Waals surface area contributed by atoms with E-state index in [1.165, 1.54) is 0 Å². The van der Waals surface area contributed by atoms with Crippen molar-refractivity contribution in [3.63, 3.8) is 0 Å². The van der Waals surface area contributed by atoms with E-state index in [-0.39, 0.29) is 0 Å². The first-order valence-corrected chi connectivity index (χ1v) is 4.95. The maximum absolute atomic E-state index is 11.8. The predicted octanol–water partition coefficient (Wildman–Crippen LogP) is 5.08. The summed E-state index contributed by atoms with van der Waals surface area (Å²) in [5.74, 6) is -30.0. The summed E-state index contributed by atoms with van der Waals surface area (Å²) in [6.07, 6.45) is 0. The lowest BCUT2D eigenvalue weighted by Crippen LogP contribution is -2.45. The lowest BCUT2D eigenvalue weighted by molar-refractivity contribution is -0.170. The van der Waals surface area contributed by atoms with Crippen LogP contribution in [-0.4, -0.2) is 23.7 Å². The Morgan fingerprint density at radius 3 is 0.471 bits per heavy atom. The summed E-state index contributed by atoms with van der Waals surface area (Å²) in [6.45, 7) is 0. The minimum Gasteiger partial charge on any atom is -0.134 e. The van der Waals surface area contributed by atoms with Crippen molar-refractivity contribution in [1.82, 2.24) is 0 Å². The van der Waals surface area contributed by atoms with E-state index in [4.69, 9.17) is 0 Å². The van der Waals surface area contributed by atoms with Gasteiger partial charge in [-0.15, -0.1) is 52.7 Å². The van der Waals surface area contributed by atoms with E-state index >= 15 is 0 Å². The fourth-order valence-corrected chi connectivity index (χ4v) is 2.59. The molecular formula is C4F12P+. The number of hydrogen-bond acceptors (Lipinski definition) is 0. The topological polar surface area (TPSA) is 0 Å². The number of hydrogen-bond donors (Lipinski definition) is 0. The number of alkyl halides is 12. The second kappa shape index (κ2) is 3.79. The van der Waals surface area contributed by atoms with Crippen molar-refractivity contribution in [2.75, 3.05) is 0 Å². The van der Waals surface area contributed by atoms with E-state index in [1.807, 2.05) is 0 Å². The summed E-state index contributed by atoms with van der Waals surface area (Å²) in [4.78, 5) is 0. The summed E-state index contributed by atoms with van der Waals surface area (Å²) in [7, 11) is -9.23. The van der Waals surface area contributed by atoms with Crippen molar-refractivity contribution in [1.29, 1.82) is 0 Å². The minimum atomic E-state index is -9.23. The van der Waals surface area contributed by atoms with Crippen LogP contribution in [0, 0.1) is 0 Å². The highest BCUT2D eigenvalue weighted by Gasteiger charge is 3.04. The molecule has 104 valence electrons. The van der Waals surface area contributed by atoms with Crippen LogP contribution in [0.25, 0.3) is 0 Å². The fourth-order valence-electron chi connectivity index (χ4n) is 0.862. The number of rotatable bonds is 0. The van der Waals surface area contributed by atoms with Crippen LogP contribution >= 0.6 is 7.26 Å². The van der Waals surface area contributed by atoms with Crippen LogP contribution in [0.15, 0.2) is 0 Å². The predicted molar refractivity (Wildman–Crippen MR) is 31.1 cm³/mol. The van der Waals surface area contributed by atoms with Gasteiger partial charge in [-0.25, -0.2) is 0 Å². The van der Waals surface area contributed by atoms with Crippen LogP contribution < -0.4 is 0 Å². The first-order chi connectivity index (χ1) is 7.00. The van der Waals surface area contributed by atoms with Crippen LogP contribution in [-0.2, 0) is 0 Å². The zero-order valence-corrected chi connectivity index (χ0v) is 7.88. The van der Waals surface area contributed by atoms with Gasteiger partial charge in [0.1, 0.15) is 0 Å². The first-order valence-electron chi connectivity index (χ1n) is 3.16. The van der Waals surface area contributed by atoms with Gasteiger partial charge in [0.15, 0.2) is 0 Å². The molecule has 0 N–H and O–H groups in total. The molecule has 0 atom stereocenters. The molecule has 0 aromatic rings. The lowest BCUT2D eigenvalue weighted by Gasteiger charge is -2.30. The maximum Gasteiger partial charge on any atom is 0.538 e. The Labute approximate surface area is 84.9 Å². The summed E-state index contributed by atoms with van der Waals surface area (Å²) in [5.41, 5.74) is 0. The fraction of sp³-hybridized carbons (Fsp3) is 1.00. The number of halogens is 12. The molecule has 0 heterocycles. The molecule has 0 rings (SSSR count). The van der Waals surface area contributed by atoms with E-state index in [9.17, 15) is 52.7 Å². The molecule has 0 saturated heterocycles. The van der Waals surface area contributed by atoms with E-state index in [1.54, 1.807) is 0 Å². The zero-order chi connectivity index (χ0) is 14.5. The van der Waals surface area contributed by atoms with Gasteiger partial charge in [0.2, 0.25) is 0 Å². The smallest absolute Gasteiger partial charge is 0.134 e. The van der Waals surface area contributed by atoms with Gasteiger partial charge < -0.3 is 0 Å². The quantitative estimate of drug-likeness (QED) is 0.432. The molecule has 0 aromatic heterocycles. The molecule has 0 aliphatic carbocycles. The van der Waals surface area contributed by atoms with Crippen molar-refractivity contribution >= 4 is 7.26 Å². The second-order valence-corrected chi connectivity index (χ2v) is 5.91. The molecule has 0 aliphatic heterocycles. The zero-order valence-electron chi connectivity index (χ0n) is 6.98. The average Bonchev–Trinajstić information content (AvgIpc) is 1.67. The van der Waals surface area contributed by atoms with Crippen molar-refractivity contribution in [3.05, 3.63) is 0 Å². The third-order valence-corrected chi connectivity index (χ3v) is 4.56. The molecule has 0 saturated carbocycles. The van der Waals surface area contributed by atoms with Crippen LogP contribution in [0.3, 0.4) is 0 Å². The summed E-state index contributed by atoms with van der Waals surface area (Å²) in [6, 6.07) is 0. The normalized spacial score (nSPS) is 16.2. The highest BCUT2D eigenvalue weighted by molar-refractivity contribution is 7.79. The Balaban J connectivity index is 6.37. The van der Waals surface area contributed by atoms with Crippen LogP contribution in [0.5, 0.6) is 0 Å². The summed E-state index contributed by atoms with van der Waals surface area (Å²) in [5, 5.41) is 0. The molecule has 0 bridgehead atoms. The molecule has 0 spiro atoms. The molecule has 0 aromatic carbocycles. The van der Waals surface area contributed by atoms with Gasteiger partial charge in [-0.3, -0.25) is 0 Å². The Morgan fingerprint density at radius 2 is 0.471 bits per heavy atom. The third-order valence-electron chi connectivity index (χ3n) is 1.52. The average molecular weight is 307 g/mol. The molecule has 0 radical (unpaired) electrons. The SMILES string of the molecule is FC(F)(F)[P+](C(F)(F)F)(C(F)(F)F)C(F)(F)F. The van der Waals surface area contributed by atoms with E-state index in [0.717, 1.165) is 0 Å². The maximum atomic E-state index is 11.8. The van der Waals surface area contributed by atoms with Gasteiger partial charge >= 0.3 is 30.9 Å². The highest BCUT2D eigenvalue weighted by atomic mass is 31.2. The third kappa shape index (κ3) is 2.27. The van der Waals surface area contributed by atoms with Gasteiger partial charge in [0, 0.05) is 0 Å². The molecule has 0 aliphatic rings. The van der Waals surface area contributed by atoms with Crippen molar-refractivity contribution in [3.8, 4) is 0 Å². The van der Waals surface area contributed by atoms with Crippen molar-refractivity contribution < 1.29 is 52.7 Å². The van der Waals surface area contributed by atoms with Gasteiger partial charge in [0.25, 0.3) is 0 Å². The molecule has 0 amide bonds. The first kappa shape index (κ1) is 16.6. The van der Waals surface area contributed by atoms with Crippen LogP contribution in [0.2, 0.25) is 0 Å². The molecule has 0 fully saturated rings. The van der Waals surface area contributed by atoms with Gasteiger partial charge in [-0.05, 0) is 0 Å². The molecular weight excluding hydrogens is 307 g/mol. The molecule has 0 nitrogen and oxygen atoms in total. The van der Waals surface area contributed by atoms with Crippen molar-refractivity contribution in [2.24, 2.45) is 0 Å². The van der Waals surface area contributed by atoms with E-state index in [2.05, 4.69) is 0 Å². The Bertz CT molecular complexity index is 211. The van der Waals surface area contributed by atoms with E-state index in [0.29, 0.717) is 0 Å². The van der Waals surface area contributed by atoms with Gasteiger partial charge in [0.05, 0.1) is 0 Å². The summed E-state index contributed by atoms with van der Waals surface area (Å²) >= 11 is 0. The van der Waals surface area contributed by atoms with Crippen LogP contribution in [0.1, 0.15) is 0 Å². The molecule has 0 unspecified atom stereocenters. The Kier molecular flexibility index (Phi) is 3.70. The molecule has 13 heteroatoms. The van der Waals surface area contributed by atoms with Gasteiger partial charge in [-0.2, -0.15) is 0 Å². The lowest BCUT2D eigenvalue weighted by atomic mass is 11.4. The Morgan fingerprint density at radius 1 is 0.353 bits per heavy atom. The van der Waals surface area contributed by atoms with Gasteiger partial charge in [-0.1, -0.05) is 0 Å². The van der Waals surface area contributed by atoms with Crippen LogP contribution in [0.4, 0.5) is 52.7 Å². The summed E-state index contributed by atoms with van der Waals surface area (Å²) < 4.78 is 141. The second-order valence-electron chi connectivity index (χ2n) is 2.54.